The van der Waals surface area contributed by atoms with Gasteiger partial charge in [0, 0.05) is 18.1 Å². The van der Waals surface area contributed by atoms with Crippen LogP contribution in [0, 0.1) is 17.5 Å². The molecule has 1 unspecified atom stereocenters. The molecule has 0 saturated heterocycles. The van der Waals surface area contributed by atoms with E-state index in [9.17, 15) is 18.0 Å². The van der Waals surface area contributed by atoms with Crippen molar-refractivity contribution < 1.29 is 22.7 Å². The molecule has 114 valence electrons. The third kappa shape index (κ3) is 2.77. The quantitative estimate of drug-likeness (QED) is 0.947. The van der Waals surface area contributed by atoms with Gasteiger partial charge in [-0.25, -0.2) is 13.2 Å². The number of halogens is 3. The molecule has 0 aliphatic carbocycles. The Hall–Kier alpha value is -2.50. The van der Waals surface area contributed by atoms with Gasteiger partial charge in [0.05, 0.1) is 12.1 Å². The molecule has 22 heavy (non-hydrogen) atoms. The third-order valence-corrected chi connectivity index (χ3v) is 3.45. The summed E-state index contributed by atoms with van der Waals surface area (Å²) in [6, 6.07) is 7.37. The maximum atomic E-state index is 13.5. The van der Waals surface area contributed by atoms with Gasteiger partial charge in [0.1, 0.15) is 17.7 Å². The Kier molecular flexibility index (Phi) is 3.75. The Morgan fingerprint density at radius 1 is 1.18 bits per heavy atom. The van der Waals surface area contributed by atoms with E-state index in [1.807, 2.05) is 0 Å². The molecule has 1 N–H and O–H groups in total. The number of carbonyl (C=O) groups excluding carboxylic acids is 1. The Labute approximate surface area is 124 Å². The highest BCUT2D eigenvalue weighted by Crippen LogP contribution is 2.31. The summed E-state index contributed by atoms with van der Waals surface area (Å²) in [5, 5.41) is 2.51. The predicted octanol–water partition coefficient (Wildman–Crippen LogP) is 2.84. The van der Waals surface area contributed by atoms with E-state index in [2.05, 4.69) is 5.32 Å². The van der Waals surface area contributed by atoms with Crippen molar-refractivity contribution in [2.24, 2.45) is 0 Å². The lowest BCUT2D eigenvalue weighted by Crippen LogP contribution is -2.34. The molecule has 1 aliphatic heterocycles. The van der Waals surface area contributed by atoms with E-state index in [0.29, 0.717) is 12.5 Å². The van der Waals surface area contributed by atoms with Crippen molar-refractivity contribution in [3.63, 3.8) is 0 Å². The highest BCUT2D eigenvalue weighted by molar-refractivity contribution is 5.94. The maximum Gasteiger partial charge on any atom is 0.254 e. The number of hydrogen-bond acceptors (Lipinski definition) is 2. The molecule has 1 amide bonds. The van der Waals surface area contributed by atoms with Crippen LogP contribution in [-0.2, 0) is 6.42 Å². The lowest BCUT2D eigenvalue weighted by atomic mass is 10.1. The second-order valence-electron chi connectivity index (χ2n) is 5.01. The molecule has 0 aromatic heterocycles. The van der Waals surface area contributed by atoms with E-state index in [0.717, 1.165) is 17.7 Å². The second kappa shape index (κ2) is 5.71. The number of ether oxygens (including phenoxy) is 1. The normalized spacial score (nSPS) is 16.0. The number of para-hydroxylation sites is 1. The largest absolute Gasteiger partial charge is 0.485 e. The fourth-order valence-corrected chi connectivity index (χ4v) is 2.39. The van der Waals surface area contributed by atoms with E-state index < -0.39 is 29.5 Å². The fraction of sp³-hybridized carbons (Fsp3) is 0.188. The van der Waals surface area contributed by atoms with E-state index >= 15 is 0 Å². The van der Waals surface area contributed by atoms with Gasteiger partial charge in [-0.1, -0.05) is 12.1 Å². The molecule has 2 aromatic rings. The maximum absolute atomic E-state index is 13.5. The molecule has 0 bridgehead atoms. The number of benzene rings is 2. The molecule has 3 rings (SSSR count). The van der Waals surface area contributed by atoms with Crippen LogP contribution in [0.3, 0.4) is 0 Å². The van der Waals surface area contributed by atoms with Crippen molar-refractivity contribution in [2.75, 3.05) is 6.54 Å². The van der Waals surface area contributed by atoms with Crippen LogP contribution in [0.2, 0.25) is 0 Å². The van der Waals surface area contributed by atoms with E-state index in [4.69, 9.17) is 4.74 Å². The Bertz CT molecular complexity index is 733. The smallest absolute Gasteiger partial charge is 0.254 e. The zero-order valence-corrected chi connectivity index (χ0v) is 11.4. The number of hydrogen-bond donors (Lipinski definition) is 1. The number of fused-ring (bicyclic) bond motifs is 1. The molecule has 0 spiro atoms. The summed E-state index contributed by atoms with van der Waals surface area (Å²) in [5.74, 6) is -2.61. The minimum Gasteiger partial charge on any atom is -0.485 e. The van der Waals surface area contributed by atoms with Crippen LogP contribution in [0.15, 0.2) is 36.4 Å². The van der Waals surface area contributed by atoms with Gasteiger partial charge in [-0.2, -0.15) is 0 Å². The first-order valence-corrected chi connectivity index (χ1v) is 6.72. The minimum atomic E-state index is -0.931. The van der Waals surface area contributed by atoms with Gasteiger partial charge >= 0.3 is 0 Å². The summed E-state index contributed by atoms with van der Waals surface area (Å²) >= 11 is 0. The van der Waals surface area contributed by atoms with Crippen LogP contribution in [0.5, 0.6) is 5.75 Å². The van der Waals surface area contributed by atoms with Crippen LogP contribution >= 0.6 is 0 Å². The summed E-state index contributed by atoms with van der Waals surface area (Å²) in [6.07, 6.45) is 0.0404. The first kappa shape index (κ1) is 14.4. The van der Waals surface area contributed by atoms with Crippen molar-refractivity contribution in [3.05, 3.63) is 65.0 Å². The molecule has 1 aliphatic rings. The Balaban J connectivity index is 1.62. The molecule has 1 atom stereocenters. The lowest BCUT2D eigenvalue weighted by Gasteiger charge is -2.12. The summed E-state index contributed by atoms with van der Waals surface area (Å²) in [5.41, 5.74) is 0.482. The van der Waals surface area contributed by atoms with Gasteiger partial charge in [0.15, 0.2) is 11.6 Å². The predicted molar refractivity (Wildman–Crippen MR) is 73.2 cm³/mol. The molecular formula is C16H12F3NO2. The number of nitrogens with one attached hydrogen (secondary N) is 1. The molecule has 2 aromatic carbocycles. The Morgan fingerprint density at radius 2 is 2.00 bits per heavy atom. The van der Waals surface area contributed by atoms with Crippen molar-refractivity contribution in [1.82, 2.24) is 5.32 Å². The standard InChI is InChI=1S/C16H12F3NO2/c17-10-4-5-12(14(19)7-10)16(21)20-8-11-6-9-2-1-3-13(18)15(9)22-11/h1-5,7,11H,6,8H2,(H,20,21). The highest BCUT2D eigenvalue weighted by Gasteiger charge is 2.26. The molecule has 3 nitrogen and oxygen atoms in total. The first-order valence-electron chi connectivity index (χ1n) is 6.72. The van der Waals surface area contributed by atoms with Crippen LogP contribution in [0.4, 0.5) is 13.2 Å². The van der Waals surface area contributed by atoms with Crippen molar-refractivity contribution >= 4 is 5.91 Å². The van der Waals surface area contributed by atoms with Gasteiger partial charge in [0.2, 0.25) is 0 Å². The SMILES string of the molecule is O=C(NCC1Cc2cccc(F)c2O1)c1ccc(F)cc1F. The van der Waals surface area contributed by atoms with E-state index in [1.165, 1.54) is 6.07 Å². The zero-order chi connectivity index (χ0) is 15.7. The van der Waals surface area contributed by atoms with Crippen LogP contribution in [0.25, 0.3) is 0 Å². The number of carbonyl (C=O) groups is 1. The summed E-state index contributed by atoms with van der Waals surface area (Å²) in [7, 11) is 0. The molecule has 1 heterocycles. The van der Waals surface area contributed by atoms with E-state index in [-0.39, 0.29) is 17.9 Å². The topological polar surface area (TPSA) is 38.3 Å². The number of rotatable bonds is 3. The van der Waals surface area contributed by atoms with Gasteiger partial charge in [0.25, 0.3) is 5.91 Å². The number of amides is 1. The highest BCUT2D eigenvalue weighted by atomic mass is 19.1. The lowest BCUT2D eigenvalue weighted by molar-refractivity contribution is 0.0928. The van der Waals surface area contributed by atoms with Crippen molar-refractivity contribution in [3.8, 4) is 5.75 Å². The zero-order valence-electron chi connectivity index (χ0n) is 11.4. The second-order valence-corrected chi connectivity index (χ2v) is 5.01. The molecule has 0 radical (unpaired) electrons. The Morgan fingerprint density at radius 3 is 2.73 bits per heavy atom. The summed E-state index contributed by atoms with van der Waals surface area (Å²) < 4.78 is 45.2. The first-order chi connectivity index (χ1) is 10.5. The molecular weight excluding hydrogens is 295 g/mol. The average Bonchev–Trinajstić information content (AvgIpc) is 2.89. The summed E-state index contributed by atoms with van der Waals surface area (Å²) in [4.78, 5) is 11.9. The summed E-state index contributed by atoms with van der Waals surface area (Å²) in [6.45, 7) is 0.101. The molecule has 6 heteroatoms. The molecule has 0 fully saturated rings. The van der Waals surface area contributed by atoms with E-state index in [1.54, 1.807) is 12.1 Å². The van der Waals surface area contributed by atoms with Gasteiger partial charge < -0.3 is 10.1 Å². The fourth-order valence-electron chi connectivity index (χ4n) is 2.39. The monoisotopic (exact) mass is 307 g/mol. The van der Waals surface area contributed by atoms with Gasteiger partial charge in [-0.3, -0.25) is 4.79 Å². The van der Waals surface area contributed by atoms with Crippen molar-refractivity contribution in [1.29, 1.82) is 0 Å². The van der Waals surface area contributed by atoms with Crippen molar-refractivity contribution in [2.45, 2.75) is 12.5 Å². The van der Waals surface area contributed by atoms with Crippen LogP contribution in [0.1, 0.15) is 15.9 Å². The van der Waals surface area contributed by atoms with Gasteiger partial charge in [-0.15, -0.1) is 0 Å². The molecule has 0 saturated carbocycles. The van der Waals surface area contributed by atoms with Crippen LogP contribution in [-0.4, -0.2) is 18.6 Å². The third-order valence-electron chi connectivity index (χ3n) is 3.45. The average molecular weight is 307 g/mol. The minimum absolute atomic E-state index is 0.101. The van der Waals surface area contributed by atoms with Crippen LogP contribution < -0.4 is 10.1 Å². The van der Waals surface area contributed by atoms with Gasteiger partial charge in [-0.05, 0) is 18.2 Å².